The van der Waals surface area contributed by atoms with Gasteiger partial charge in [-0.2, -0.15) is 0 Å². The molecule has 0 bridgehead atoms. The number of morpholine rings is 1. The number of fused-ring (bicyclic) bond motifs is 1. The smallest absolute Gasteiger partial charge is 0.212 e. The Morgan fingerprint density at radius 2 is 2.00 bits per heavy atom. The van der Waals surface area contributed by atoms with Crippen molar-refractivity contribution < 1.29 is 9.47 Å². The van der Waals surface area contributed by atoms with Gasteiger partial charge in [-0.3, -0.25) is 0 Å². The average molecular weight is 340 g/mol. The van der Waals surface area contributed by atoms with Gasteiger partial charge in [-0.25, -0.2) is 19.9 Å². The number of ether oxygens (including phenoxy) is 2. The molecular weight excluding hydrogens is 320 g/mol. The Hall–Kier alpha value is -2.74. The molecule has 0 amide bonds. The summed E-state index contributed by atoms with van der Waals surface area (Å²) < 4.78 is 12.6. The van der Waals surface area contributed by atoms with Crippen LogP contribution < -0.4 is 9.64 Å². The molecule has 4 rings (SSSR count). The largest absolute Gasteiger partial charge is 0.481 e. The predicted octanol–water partition coefficient (Wildman–Crippen LogP) is 1.75. The fourth-order valence-electron chi connectivity index (χ4n) is 2.92. The van der Waals surface area contributed by atoms with Crippen LogP contribution in [0.4, 0.5) is 5.82 Å². The molecular formula is C17H20N6O2. The Labute approximate surface area is 145 Å². The van der Waals surface area contributed by atoms with E-state index in [1.54, 1.807) is 13.3 Å². The first kappa shape index (κ1) is 15.8. The maximum Gasteiger partial charge on any atom is 0.212 e. The minimum Gasteiger partial charge on any atom is -0.481 e. The number of hydrogen-bond acceptors (Lipinski definition) is 7. The number of aryl methyl sites for hydroxylation is 1. The van der Waals surface area contributed by atoms with Gasteiger partial charge >= 0.3 is 0 Å². The Morgan fingerprint density at radius 1 is 1.16 bits per heavy atom. The topological polar surface area (TPSA) is 78.2 Å². The molecule has 1 fully saturated rings. The lowest BCUT2D eigenvalue weighted by Crippen LogP contribution is -2.37. The van der Waals surface area contributed by atoms with E-state index < -0.39 is 0 Å². The third-order valence-corrected chi connectivity index (χ3v) is 4.30. The molecule has 3 aromatic heterocycles. The zero-order valence-electron chi connectivity index (χ0n) is 14.3. The Morgan fingerprint density at radius 3 is 2.68 bits per heavy atom. The highest BCUT2D eigenvalue weighted by Gasteiger charge is 2.20. The van der Waals surface area contributed by atoms with Crippen molar-refractivity contribution in [2.24, 2.45) is 0 Å². The van der Waals surface area contributed by atoms with Gasteiger partial charge in [0.05, 0.1) is 26.7 Å². The maximum absolute atomic E-state index is 5.47. The van der Waals surface area contributed by atoms with E-state index in [9.17, 15) is 0 Å². The number of rotatable bonds is 4. The van der Waals surface area contributed by atoms with Crippen molar-refractivity contribution in [3.8, 4) is 17.3 Å². The molecule has 0 radical (unpaired) electrons. The molecule has 0 unspecified atom stereocenters. The quantitative estimate of drug-likeness (QED) is 0.716. The standard InChI is InChI=1S/C17H20N6O2/c1-3-22-11-19-14-16(22)20-15(12-4-5-13(24-2)18-10-12)21-17(14)23-6-8-25-9-7-23/h4-5,10-11H,3,6-9H2,1-2H3. The molecule has 4 heterocycles. The molecule has 0 N–H and O–H groups in total. The fraction of sp³-hybridized carbons (Fsp3) is 0.412. The highest BCUT2D eigenvalue weighted by molar-refractivity contribution is 5.85. The zero-order valence-corrected chi connectivity index (χ0v) is 14.3. The Bertz CT molecular complexity index is 871. The van der Waals surface area contributed by atoms with Gasteiger partial charge < -0.3 is 18.9 Å². The van der Waals surface area contributed by atoms with Gasteiger partial charge in [-0.05, 0) is 13.0 Å². The number of imidazole rings is 1. The van der Waals surface area contributed by atoms with Gasteiger partial charge in [0.15, 0.2) is 22.8 Å². The number of methoxy groups -OCH3 is 1. The van der Waals surface area contributed by atoms with E-state index in [1.807, 2.05) is 23.0 Å². The molecule has 0 aliphatic carbocycles. The fourth-order valence-corrected chi connectivity index (χ4v) is 2.92. The van der Waals surface area contributed by atoms with Crippen LogP contribution in [0.2, 0.25) is 0 Å². The average Bonchev–Trinajstić information content (AvgIpc) is 3.11. The molecule has 0 aromatic carbocycles. The molecule has 25 heavy (non-hydrogen) atoms. The van der Waals surface area contributed by atoms with E-state index in [4.69, 9.17) is 19.4 Å². The second-order valence-electron chi connectivity index (χ2n) is 5.76. The van der Waals surface area contributed by atoms with Crippen molar-refractivity contribution in [2.75, 3.05) is 38.3 Å². The van der Waals surface area contributed by atoms with Crippen LogP contribution in [-0.2, 0) is 11.3 Å². The lowest BCUT2D eigenvalue weighted by atomic mass is 10.2. The van der Waals surface area contributed by atoms with Crippen molar-refractivity contribution in [2.45, 2.75) is 13.5 Å². The van der Waals surface area contributed by atoms with Crippen LogP contribution in [0.1, 0.15) is 6.92 Å². The van der Waals surface area contributed by atoms with Gasteiger partial charge in [-0.1, -0.05) is 0 Å². The van der Waals surface area contributed by atoms with E-state index in [2.05, 4.69) is 21.8 Å². The van der Waals surface area contributed by atoms with Crippen LogP contribution >= 0.6 is 0 Å². The van der Waals surface area contributed by atoms with Crippen LogP contribution in [0.5, 0.6) is 5.88 Å². The van der Waals surface area contributed by atoms with Crippen molar-refractivity contribution >= 4 is 17.0 Å². The first-order valence-corrected chi connectivity index (χ1v) is 8.36. The van der Waals surface area contributed by atoms with Crippen molar-refractivity contribution in [3.05, 3.63) is 24.7 Å². The maximum atomic E-state index is 5.47. The van der Waals surface area contributed by atoms with Gasteiger partial charge in [0.25, 0.3) is 0 Å². The lowest BCUT2D eigenvalue weighted by Gasteiger charge is -2.28. The SMILES string of the molecule is CCn1cnc2c(N3CCOCC3)nc(-c3ccc(OC)nc3)nc21. The van der Waals surface area contributed by atoms with Gasteiger partial charge in [0.2, 0.25) is 5.88 Å². The number of pyridine rings is 1. The third kappa shape index (κ3) is 2.89. The van der Waals surface area contributed by atoms with E-state index in [1.165, 1.54) is 0 Å². The minimum absolute atomic E-state index is 0.567. The lowest BCUT2D eigenvalue weighted by molar-refractivity contribution is 0.122. The summed E-state index contributed by atoms with van der Waals surface area (Å²) in [6.07, 6.45) is 3.55. The third-order valence-electron chi connectivity index (χ3n) is 4.30. The predicted molar refractivity (Wildman–Crippen MR) is 93.8 cm³/mol. The van der Waals surface area contributed by atoms with Crippen LogP contribution in [0.15, 0.2) is 24.7 Å². The van der Waals surface area contributed by atoms with E-state index in [-0.39, 0.29) is 0 Å². The number of nitrogens with zero attached hydrogens (tertiary/aromatic N) is 6. The Balaban J connectivity index is 1.85. The normalized spacial score (nSPS) is 14.9. The van der Waals surface area contributed by atoms with Crippen LogP contribution in [0.25, 0.3) is 22.6 Å². The highest BCUT2D eigenvalue weighted by Crippen LogP contribution is 2.27. The monoisotopic (exact) mass is 340 g/mol. The molecule has 1 aliphatic rings. The molecule has 8 heteroatoms. The van der Waals surface area contributed by atoms with Crippen molar-refractivity contribution in [1.29, 1.82) is 0 Å². The van der Waals surface area contributed by atoms with Crippen LogP contribution in [0.3, 0.4) is 0 Å². The van der Waals surface area contributed by atoms with Crippen LogP contribution in [-0.4, -0.2) is 57.9 Å². The molecule has 0 spiro atoms. The summed E-state index contributed by atoms with van der Waals surface area (Å²) in [7, 11) is 1.60. The Kier molecular flexibility index (Phi) is 4.19. The van der Waals surface area contributed by atoms with Crippen molar-refractivity contribution in [1.82, 2.24) is 24.5 Å². The van der Waals surface area contributed by atoms with E-state index >= 15 is 0 Å². The van der Waals surface area contributed by atoms with Gasteiger partial charge in [-0.15, -0.1) is 0 Å². The summed E-state index contributed by atoms with van der Waals surface area (Å²) in [4.78, 5) is 20.6. The molecule has 130 valence electrons. The summed E-state index contributed by atoms with van der Waals surface area (Å²) in [5, 5.41) is 0. The summed E-state index contributed by atoms with van der Waals surface area (Å²) in [5.74, 6) is 2.06. The first-order chi connectivity index (χ1) is 12.3. The molecule has 8 nitrogen and oxygen atoms in total. The zero-order chi connectivity index (χ0) is 17.2. The summed E-state index contributed by atoms with van der Waals surface area (Å²) in [6, 6.07) is 3.73. The first-order valence-electron chi connectivity index (χ1n) is 8.36. The van der Waals surface area contributed by atoms with E-state index in [0.717, 1.165) is 42.2 Å². The van der Waals surface area contributed by atoms with Gasteiger partial charge in [0, 0.05) is 37.5 Å². The molecule has 0 atom stereocenters. The number of aromatic nitrogens is 5. The molecule has 1 saturated heterocycles. The van der Waals surface area contributed by atoms with Crippen molar-refractivity contribution in [3.63, 3.8) is 0 Å². The molecule has 0 saturated carbocycles. The number of anilines is 1. The summed E-state index contributed by atoms with van der Waals surface area (Å²) in [5.41, 5.74) is 2.51. The summed E-state index contributed by atoms with van der Waals surface area (Å²) in [6.45, 7) is 5.86. The van der Waals surface area contributed by atoms with Crippen LogP contribution in [0, 0.1) is 0 Å². The second-order valence-corrected chi connectivity index (χ2v) is 5.76. The number of hydrogen-bond donors (Lipinski definition) is 0. The highest BCUT2D eigenvalue weighted by atomic mass is 16.5. The van der Waals surface area contributed by atoms with Gasteiger partial charge in [0.1, 0.15) is 0 Å². The molecule has 3 aromatic rings. The molecule has 1 aliphatic heterocycles. The summed E-state index contributed by atoms with van der Waals surface area (Å²) >= 11 is 0. The second kappa shape index (κ2) is 6.64. The minimum atomic E-state index is 0.567. The van der Waals surface area contributed by atoms with E-state index in [0.29, 0.717) is 24.9 Å².